The Labute approximate surface area is 360 Å². The van der Waals surface area contributed by atoms with Gasteiger partial charge in [0.05, 0.1) is 0 Å². The number of hydrazine groups is 1. The minimum absolute atomic E-state index is 0.00302. The molecule has 1 aliphatic heterocycles. The fourth-order valence-corrected chi connectivity index (χ4v) is 14.3. The molecule has 322 valence electrons. The van der Waals surface area contributed by atoms with Gasteiger partial charge in [0.1, 0.15) is 0 Å². The minimum atomic E-state index is -0.137. The maximum atomic E-state index is 14.4. The number of piperazine rings is 1. The number of nitrogens with zero attached hydrogens (tertiary/aromatic N) is 2. The number of rotatable bonds is 8. The predicted octanol–water partition coefficient (Wildman–Crippen LogP) is 10.3. The third-order valence-electron chi connectivity index (χ3n) is 18.0. The molecule has 8 rings (SSSR count). The first-order chi connectivity index (χ1) is 28.5. The number of fused-ring (bicyclic) bond motifs is 7. The van der Waals surface area contributed by atoms with E-state index in [0.717, 1.165) is 56.1 Å². The fourth-order valence-electron chi connectivity index (χ4n) is 14.3. The third-order valence-corrected chi connectivity index (χ3v) is 18.0. The lowest BCUT2D eigenvalue weighted by Crippen LogP contribution is -2.66. The molecule has 0 radical (unpaired) electrons. The smallest absolute Gasteiger partial charge is 0.258 e. The summed E-state index contributed by atoms with van der Waals surface area (Å²) in [5.41, 5.74) is 7.48. The Morgan fingerprint density at radius 3 is 1.97 bits per heavy atom. The average molecular weight is 813 g/mol. The van der Waals surface area contributed by atoms with Crippen molar-refractivity contribution < 1.29 is 14.4 Å². The van der Waals surface area contributed by atoms with Crippen LogP contribution in [0.25, 0.3) is 12.2 Å². The number of carbonyl (C=O) groups excluding carboxylic acids is 3. The molecule has 0 bridgehead atoms. The molecule has 3 amide bonds. The van der Waals surface area contributed by atoms with Gasteiger partial charge in [0.25, 0.3) is 5.91 Å². The highest BCUT2D eigenvalue weighted by Gasteiger charge is 2.68. The van der Waals surface area contributed by atoms with Crippen molar-refractivity contribution in [1.29, 1.82) is 0 Å². The highest BCUT2D eigenvalue weighted by atomic mass is 16.2. The summed E-state index contributed by atoms with van der Waals surface area (Å²) in [6.45, 7) is 20.3. The molecule has 60 heavy (non-hydrogen) atoms. The SMILES string of the molecule is CC1(C)CC[C@]2(CC(=O)N3CCN(NC(=O)/C=C/c4ccccc4)CC3)CC[C@]3(C)C(=CC[C@@H]4[C@@]5(C)CCC(NC(=O)/C=C/c6ccccc6)C(C)(C)[C@@H]5CC[C@]43C)[C@@H]2C1. The second kappa shape index (κ2) is 16.1. The zero-order valence-corrected chi connectivity index (χ0v) is 37.7. The van der Waals surface area contributed by atoms with Crippen molar-refractivity contribution >= 4 is 29.9 Å². The molecule has 1 saturated heterocycles. The molecule has 0 aromatic heterocycles. The fraction of sp³-hybridized carbons (Fsp3) is 0.604. The van der Waals surface area contributed by atoms with Gasteiger partial charge in [-0.3, -0.25) is 19.8 Å². The van der Waals surface area contributed by atoms with Gasteiger partial charge in [0.15, 0.2) is 0 Å². The van der Waals surface area contributed by atoms with E-state index in [1.165, 1.54) is 19.3 Å². The van der Waals surface area contributed by atoms with Crippen LogP contribution in [0, 0.1) is 50.2 Å². The van der Waals surface area contributed by atoms with Crippen molar-refractivity contribution in [3.63, 3.8) is 0 Å². The van der Waals surface area contributed by atoms with E-state index in [1.54, 1.807) is 17.7 Å². The van der Waals surface area contributed by atoms with E-state index >= 15 is 0 Å². The monoisotopic (exact) mass is 813 g/mol. The van der Waals surface area contributed by atoms with E-state index in [2.05, 4.69) is 70.2 Å². The second-order valence-corrected chi connectivity index (χ2v) is 22.0. The van der Waals surface area contributed by atoms with Crippen molar-refractivity contribution in [3.05, 3.63) is 95.6 Å². The molecule has 4 saturated carbocycles. The number of benzene rings is 2. The molecule has 1 unspecified atom stereocenters. The van der Waals surface area contributed by atoms with Gasteiger partial charge in [-0.05, 0) is 138 Å². The molecule has 2 N–H and O–H groups in total. The lowest BCUT2D eigenvalue weighted by Gasteiger charge is -2.71. The van der Waals surface area contributed by atoms with Crippen molar-refractivity contribution in [1.82, 2.24) is 20.7 Å². The Morgan fingerprint density at radius 1 is 0.700 bits per heavy atom. The summed E-state index contributed by atoms with van der Waals surface area (Å²) < 4.78 is 0. The van der Waals surface area contributed by atoms with E-state index in [0.29, 0.717) is 56.3 Å². The van der Waals surface area contributed by atoms with Gasteiger partial charge in [-0.1, -0.05) is 121 Å². The first-order valence-electron chi connectivity index (χ1n) is 23.3. The summed E-state index contributed by atoms with van der Waals surface area (Å²) in [7, 11) is 0. The van der Waals surface area contributed by atoms with Crippen LogP contribution in [0.3, 0.4) is 0 Å². The second-order valence-electron chi connectivity index (χ2n) is 22.0. The summed E-state index contributed by atoms with van der Waals surface area (Å²) in [5, 5.41) is 5.44. The van der Waals surface area contributed by atoms with Gasteiger partial charge in [0.2, 0.25) is 11.8 Å². The quantitative estimate of drug-likeness (QED) is 0.206. The van der Waals surface area contributed by atoms with Crippen LogP contribution in [0.5, 0.6) is 0 Å². The minimum Gasteiger partial charge on any atom is -0.349 e. The molecule has 2 aromatic carbocycles. The van der Waals surface area contributed by atoms with Crippen LogP contribution in [0.4, 0.5) is 0 Å². The van der Waals surface area contributed by atoms with E-state index in [4.69, 9.17) is 0 Å². The van der Waals surface area contributed by atoms with Crippen molar-refractivity contribution in [2.24, 2.45) is 50.2 Å². The number of hydrogen-bond donors (Lipinski definition) is 2. The zero-order chi connectivity index (χ0) is 42.6. The van der Waals surface area contributed by atoms with Crippen molar-refractivity contribution in [2.75, 3.05) is 26.2 Å². The summed E-state index contributed by atoms with van der Waals surface area (Å²) in [6.07, 6.45) is 21.8. The highest BCUT2D eigenvalue weighted by Crippen LogP contribution is 2.76. The van der Waals surface area contributed by atoms with Crippen LogP contribution in [-0.2, 0) is 14.4 Å². The molecule has 5 aliphatic carbocycles. The predicted molar refractivity (Wildman–Crippen MR) is 243 cm³/mol. The van der Waals surface area contributed by atoms with Crippen LogP contribution in [0.1, 0.15) is 130 Å². The third kappa shape index (κ3) is 7.75. The topological polar surface area (TPSA) is 81.8 Å². The van der Waals surface area contributed by atoms with Crippen molar-refractivity contribution in [2.45, 2.75) is 125 Å². The lowest BCUT2D eigenvalue weighted by molar-refractivity contribution is -0.187. The Kier molecular flexibility index (Phi) is 11.4. The van der Waals surface area contributed by atoms with E-state index in [1.807, 2.05) is 77.8 Å². The van der Waals surface area contributed by atoms with Gasteiger partial charge < -0.3 is 10.2 Å². The normalized spacial score (nSPS) is 36.0. The lowest BCUT2D eigenvalue weighted by atomic mass is 9.33. The first-order valence-corrected chi connectivity index (χ1v) is 23.3. The summed E-state index contributed by atoms with van der Waals surface area (Å²) in [6, 6.07) is 20.1. The van der Waals surface area contributed by atoms with Crippen LogP contribution in [0.15, 0.2) is 84.5 Å². The van der Waals surface area contributed by atoms with Crippen LogP contribution >= 0.6 is 0 Å². The summed E-state index contributed by atoms with van der Waals surface area (Å²) >= 11 is 0. The standard InChI is InChI=1S/C53H72N4O3/c1-48(2)28-30-53(37-47(60)56-32-34-57(35-33-56)55-46(59)23-19-39-16-12-9-13-17-39)31-29-51(6)40(41(53)36-48)20-21-43-50(5)26-25-44(49(3,4)42(50)24-27-52(43,51)7)54-45(58)22-18-38-14-10-8-11-15-38/h8-20,22-23,41-44H,21,24-37H2,1-7H3,(H,54,58)(H,55,59)/b22-18+,23-19+/t41-,42-,43+,44?,50-,51+,52+,53+/m0/s1. The zero-order valence-electron chi connectivity index (χ0n) is 37.7. The van der Waals surface area contributed by atoms with Gasteiger partial charge in [-0.2, -0.15) is 0 Å². The van der Waals surface area contributed by atoms with Gasteiger partial charge in [-0.15, -0.1) is 0 Å². The van der Waals surface area contributed by atoms with Gasteiger partial charge in [-0.25, -0.2) is 5.01 Å². The maximum absolute atomic E-state index is 14.4. The Hall–Kier alpha value is -3.97. The molecule has 7 heteroatoms. The van der Waals surface area contributed by atoms with Gasteiger partial charge >= 0.3 is 0 Å². The van der Waals surface area contributed by atoms with Crippen LogP contribution in [-0.4, -0.2) is 59.9 Å². The highest BCUT2D eigenvalue weighted by molar-refractivity contribution is 5.92. The Morgan fingerprint density at radius 2 is 1.32 bits per heavy atom. The molecular formula is C53H72N4O3. The number of allylic oxidation sites excluding steroid dienone is 2. The largest absolute Gasteiger partial charge is 0.349 e. The molecule has 8 atom stereocenters. The summed E-state index contributed by atoms with van der Waals surface area (Å²) in [5.74, 6) is 1.72. The number of carbonyl (C=O) groups is 3. The Balaban J connectivity index is 0.957. The number of hydrogen-bond acceptors (Lipinski definition) is 4. The summed E-state index contributed by atoms with van der Waals surface area (Å²) in [4.78, 5) is 42.5. The molecule has 7 nitrogen and oxygen atoms in total. The number of nitrogens with one attached hydrogen (secondary N) is 2. The van der Waals surface area contributed by atoms with Crippen molar-refractivity contribution in [3.8, 4) is 0 Å². The van der Waals surface area contributed by atoms with Crippen LogP contribution in [0.2, 0.25) is 0 Å². The van der Waals surface area contributed by atoms with E-state index in [-0.39, 0.29) is 50.3 Å². The van der Waals surface area contributed by atoms with Gasteiger partial charge in [0, 0.05) is 50.8 Å². The molecule has 6 aliphatic rings. The van der Waals surface area contributed by atoms with Crippen LogP contribution < -0.4 is 10.7 Å². The molecular weight excluding hydrogens is 741 g/mol. The first kappa shape index (κ1) is 42.7. The molecule has 1 heterocycles. The molecule has 0 spiro atoms. The van der Waals surface area contributed by atoms with E-state index < -0.39 is 0 Å². The number of amides is 3. The Bertz CT molecular complexity index is 2010. The maximum Gasteiger partial charge on any atom is 0.258 e. The molecule has 2 aromatic rings. The van der Waals surface area contributed by atoms with E-state index in [9.17, 15) is 14.4 Å². The average Bonchev–Trinajstić information content (AvgIpc) is 3.22. The molecule has 5 fully saturated rings.